The molecule has 0 aromatic rings. The van der Waals surface area contributed by atoms with Gasteiger partial charge in [0.1, 0.15) is 11.1 Å². The van der Waals surface area contributed by atoms with Crippen molar-refractivity contribution >= 4 is 23.4 Å². The van der Waals surface area contributed by atoms with Crippen LogP contribution in [0.1, 0.15) is 34.1 Å². The summed E-state index contributed by atoms with van der Waals surface area (Å²) in [7, 11) is 0. The number of rotatable bonds is 3. The average Bonchev–Trinajstić information content (AvgIpc) is 2.27. The van der Waals surface area contributed by atoms with Crippen LogP contribution < -0.4 is 5.32 Å². The van der Waals surface area contributed by atoms with Crippen molar-refractivity contribution in [1.82, 2.24) is 10.2 Å². The van der Waals surface area contributed by atoms with E-state index in [1.807, 2.05) is 6.92 Å². The van der Waals surface area contributed by atoms with Crippen LogP contribution in [0.2, 0.25) is 0 Å². The molecule has 1 aliphatic rings. The van der Waals surface area contributed by atoms with Crippen LogP contribution in [0.3, 0.4) is 0 Å². The summed E-state index contributed by atoms with van der Waals surface area (Å²) in [5.74, 6) is -0.205. The highest BCUT2D eigenvalue weighted by Gasteiger charge is 2.50. The van der Waals surface area contributed by atoms with Gasteiger partial charge in [0.2, 0.25) is 11.8 Å². The molecule has 1 heterocycles. The number of carbonyl (C=O) groups excluding carboxylic acids is 2. The molecule has 0 spiro atoms. The Morgan fingerprint density at radius 1 is 1.35 bits per heavy atom. The normalized spacial score (nSPS) is 28.6. The van der Waals surface area contributed by atoms with E-state index >= 15 is 0 Å². The zero-order valence-electron chi connectivity index (χ0n) is 10.7. The molecule has 0 aromatic heterocycles. The standard InChI is InChI=1S/C12H19ClN2O2/c1-5-12(4)10(17)15(8-6-7-13)11(2,3)9(16)14-12/h6-7H,5,8H2,1-4H3,(H,14,16)/b7-6+. The highest BCUT2D eigenvalue weighted by molar-refractivity contribution is 6.25. The van der Waals surface area contributed by atoms with Crippen molar-refractivity contribution in [2.75, 3.05) is 6.54 Å². The maximum Gasteiger partial charge on any atom is 0.249 e. The van der Waals surface area contributed by atoms with E-state index in [4.69, 9.17) is 11.6 Å². The summed E-state index contributed by atoms with van der Waals surface area (Å²) < 4.78 is 0. The molecule has 1 N–H and O–H groups in total. The van der Waals surface area contributed by atoms with E-state index in [2.05, 4.69) is 5.32 Å². The van der Waals surface area contributed by atoms with Crippen LogP contribution in [0.25, 0.3) is 0 Å². The summed E-state index contributed by atoms with van der Waals surface area (Å²) in [6, 6.07) is 0. The lowest BCUT2D eigenvalue weighted by Gasteiger charge is -2.48. The molecule has 1 unspecified atom stereocenters. The molecule has 0 aromatic carbocycles. The largest absolute Gasteiger partial charge is 0.340 e. The lowest BCUT2D eigenvalue weighted by Crippen LogP contribution is -2.73. The summed E-state index contributed by atoms with van der Waals surface area (Å²) in [6.45, 7) is 7.44. The van der Waals surface area contributed by atoms with Crippen LogP contribution in [-0.2, 0) is 9.59 Å². The Balaban J connectivity index is 3.10. The van der Waals surface area contributed by atoms with Crippen LogP contribution in [0.5, 0.6) is 0 Å². The molecular formula is C12H19ClN2O2. The molecule has 17 heavy (non-hydrogen) atoms. The first-order valence-corrected chi connectivity index (χ1v) is 6.13. The molecule has 1 atom stereocenters. The van der Waals surface area contributed by atoms with Crippen molar-refractivity contribution < 1.29 is 9.59 Å². The Labute approximate surface area is 107 Å². The summed E-state index contributed by atoms with van der Waals surface area (Å²) in [6.07, 6.45) is 2.23. The van der Waals surface area contributed by atoms with Gasteiger partial charge in [-0.25, -0.2) is 0 Å². The zero-order chi connectivity index (χ0) is 13.3. The molecule has 96 valence electrons. The molecule has 5 heteroatoms. The monoisotopic (exact) mass is 258 g/mol. The van der Waals surface area contributed by atoms with Crippen molar-refractivity contribution in [1.29, 1.82) is 0 Å². The first kappa shape index (κ1) is 14.0. The van der Waals surface area contributed by atoms with Crippen molar-refractivity contribution in [2.45, 2.75) is 45.2 Å². The number of nitrogens with one attached hydrogen (secondary N) is 1. The number of hydrogen-bond donors (Lipinski definition) is 1. The average molecular weight is 259 g/mol. The Morgan fingerprint density at radius 3 is 2.41 bits per heavy atom. The second-order valence-electron chi connectivity index (χ2n) is 4.98. The molecule has 2 amide bonds. The van der Waals surface area contributed by atoms with E-state index in [1.54, 1.807) is 31.7 Å². The molecule has 0 radical (unpaired) electrons. The number of halogens is 1. The van der Waals surface area contributed by atoms with E-state index in [1.165, 1.54) is 5.54 Å². The predicted octanol–water partition coefficient (Wildman–Crippen LogP) is 1.64. The lowest BCUT2D eigenvalue weighted by molar-refractivity contribution is -0.159. The van der Waals surface area contributed by atoms with Gasteiger partial charge in [-0.15, -0.1) is 0 Å². The van der Waals surface area contributed by atoms with E-state index < -0.39 is 11.1 Å². The molecule has 0 bridgehead atoms. The lowest BCUT2D eigenvalue weighted by atomic mass is 9.87. The number of hydrogen-bond acceptors (Lipinski definition) is 2. The summed E-state index contributed by atoms with van der Waals surface area (Å²) in [4.78, 5) is 26.0. The number of nitrogens with zero attached hydrogens (tertiary/aromatic N) is 1. The first-order chi connectivity index (χ1) is 7.79. The maximum atomic E-state index is 12.4. The minimum absolute atomic E-state index is 0.0700. The highest BCUT2D eigenvalue weighted by atomic mass is 35.5. The molecule has 4 nitrogen and oxygen atoms in total. The van der Waals surface area contributed by atoms with Gasteiger partial charge in [-0.1, -0.05) is 24.6 Å². The predicted molar refractivity (Wildman–Crippen MR) is 67.6 cm³/mol. The summed E-state index contributed by atoms with van der Waals surface area (Å²) >= 11 is 5.48. The van der Waals surface area contributed by atoms with Gasteiger partial charge in [0.25, 0.3) is 0 Å². The van der Waals surface area contributed by atoms with Crippen molar-refractivity contribution in [3.05, 3.63) is 11.6 Å². The van der Waals surface area contributed by atoms with Gasteiger partial charge < -0.3 is 10.2 Å². The van der Waals surface area contributed by atoms with E-state index in [0.29, 0.717) is 13.0 Å². The SMILES string of the molecule is CCC1(C)NC(=O)C(C)(C)N(C/C=C/Cl)C1=O. The van der Waals surface area contributed by atoms with Gasteiger partial charge in [0.15, 0.2) is 0 Å². The minimum atomic E-state index is -0.845. The minimum Gasteiger partial charge on any atom is -0.340 e. The van der Waals surface area contributed by atoms with E-state index in [-0.39, 0.29) is 11.8 Å². The molecule has 0 aliphatic carbocycles. The second kappa shape index (κ2) is 4.69. The van der Waals surface area contributed by atoms with Crippen molar-refractivity contribution in [2.24, 2.45) is 0 Å². The Bertz CT molecular complexity index is 366. The third kappa shape index (κ3) is 2.32. The quantitative estimate of drug-likeness (QED) is 0.837. The van der Waals surface area contributed by atoms with Gasteiger partial charge in [0.05, 0.1) is 0 Å². The fourth-order valence-corrected chi connectivity index (χ4v) is 1.91. The fourth-order valence-electron chi connectivity index (χ4n) is 1.83. The number of piperazine rings is 1. The topological polar surface area (TPSA) is 49.4 Å². The highest BCUT2D eigenvalue weighted by Crippen LogP contribution is 2.27. The maximum absolute atomic E-state index is 12.4. The third-order valence-corrected chi connectivity index (χ3v) is 3.60. The summed E-state index contributed by atoms with van der Waals surface area (Å²) in [5.41, 5.74) is -0.298. The van der Waals surface area contributed by atoms with Crippen LogP contribution in [0, 0.1) is 0 Å². The van der Waals surface area contributed by atoms with Gasteiger partial charge in [-0.05, 0) is 27.2 Å². The van der Waals surface area contributed by atoms with Crippen molar-refractivity contribution in [3.8, 4) is 0 Å². The Hall–Kier alpha value is -1.03. The van der Waals surface area contributed by atoms with Gasteiger partial charge in [0, 0.05) is 12.1 Å². The van der Waals surface area contributed by atoms with Gasteiger partial charge in [-0.2, -0.15) is 0 Å². The zero-order valence-corrected chi connectivity index (χ0v) is 11.5. The molecular weight excluding hydrogens is 240 g/mol. The third-order valence-electron chi connectivity index (χ3n) is 3.42. The molecule has 1 saturated heterocycles. The second-order valence-corrected chi connectivity index (χ2v) is 5.23. The van der Waals surface area contributed by atoms with Crippen LogP contribution >= 0.6 is 11.6 Å². The van der Waals surface area contributed by atoms with Crippen LogP contribution in [-0.4, -0.2) is 34.3 Å². The number of amides is 2. The smallest absolute Gasteiger partial charge is 0.249 e. The summed E-state index contributed by atoms with van der Waals surface area (Å²) in [5, 5.41) is 2.80. The van der Waals surface area contributed by atoms with Crippen LogP contribution in [0.4, 0.5) is 0 Å². The van der Waals surface area contributed by atoms with Crippen molar-refractivity contribution in [3.63, 3.8) is 0 Å². The fraction of sp³-hybridized carbons (Fsp3) is 0.667. The Morgan fingerprint density at radius 2 is 1.94 bits per heavy atom. The molecule has 1 rings (SSSR count). The van der Waals surface area contributed by atoms with E-state index in [0.717, 1.165) is 0 Å². The first-order valence-electron chi connectivity index (χ1n) is 5.69. The van der Waals surface area contributed by atoms with Crippen LogP contribution in [0.15, 0.2) is 11.6 Å². The van der Waals surface area contributed by atoms with Gasteiger partial charge in [-0.3, -0.25) is 9.59 Å². The molecule has 0 saturated carbocycles. The molecule has 1 fully saturated rings. The van der Waals surface area contributed by atoms with Gasteiger partial charge >= 0.3 is 0 Å². The van der Waals surface area contributed by atoms with E-state index in [9.17, 15) is 9.59 Å². The molecule has 1 aliphatic heterocycles. The Kier molecular flexibility index (Phi) is 3.87. The number of carbonyl (C=O) groups is 2.